The number of nitrogens with zero attached hydrogens (tertiary/aromatic N) is 2. The van der Waals surface area contributed by atoms with Crippen LogP contribution in [0.3, 0.4) is 0 Å². The van der Waals surface area contributed by atoms with Crippen LogP contribution in [0, 0.1) is 5.82 Å². The first-order valence-electron chi connectivity index (χ1n) is 5.12. The minimum absolute atomic E-state index is 0.0264. The van der Waals surface area contributed by atoms with E-state index < -0.39 is 11.7 Å². The molecule has 0 fully saturated rings. The third-order valence-corrected chi connectivity index (χ3v) is 2.94. The Bertz CT molecular complexity index is 572. The van der Waals surface area contributed by atoms with Crippen molar-refractivity contribution < 1.29 is 13.7 Å². The first-order chi connectivity index (χ1) is 8.58. The lowest BCUT2D eigenvalue weighted by Crippen LogP contribution is -2.17. The van der Waals surface area contributed by atoms with E-state index in [0.29, 0.717) is 24.1 Å². The second-order valence-electron chi connectivity index (χ2n) is 3.62. The van der Waals surface area contributed by atoms with Gasteiger partial charge in [-0.2, -0.15) is 0 Å². The van der Waals surface area contributed by atoms with Crippen molar-refractivity contribution >= 4 is 21.8 Å². The zero-order valence-corrected chi connectivity index (χ0v) is 10.8. The number of aromatic nitrogens is 2. The van der Waals surface area contributed by atoms with Crippen molar-refractivity contribution in [3.8, 4) is 0 Å². The van der Waals surface area contributed by atoms with E-state index in [9.17, 15) is 9.18 Å². The highest BCUT2D eigenvalue weighted by atomic mass is 79.9. The lowest BCUT2D eigenvalue weighted by Gasteiger charge is -2.06. The second-order valence-corrected chi connectivity index (χ2v) is 4.37. The van der Waals surface area contributed by atoms with Gasteiger partial charge in [0.15, 0.2) is 5.82 Å². The summed E-state index contributed by atoms with van der Waals surface area (Å²) in [5.41, 5.74) is 6.43. The van der Waals surface area contributed by atoms with Crippen LogP contribution in [-0.4, -0.2) is 16.0 Å². The fourth-order valence-corrected chi connectivity index (χ4v) is 1.83. The Labute approximate surface area is 110 Å². The van der Waals surface area contributed by atoms with Gasteiger partial charge in [0.05, 0.1) is 5.69 Å². The van der Waals surface area contributed by atoms with Crippen LogP contribution in [-0.2, 0) is 12.8 Å². The summed E-state index contributed by atoms with van der Waals surface area (Å²) in [6.45, 7) is 0. The van der Waals surface area contributed by atoms with Crippen molar-refractivity contribution in [2.24, 2.45) is 5.73 Å². The molecule has 0 atom stereocenters. The monoisotopic (exact) mass is 313 g/mol. The van der Waals surface area contributed by atoms with E-state index in [1.165, 1.54) is 12.3 Å². The van der Waals surface area contributed by atoms with Gasteiger partial charge >= 0.3 is 0 Å². The molecule has 2 N–H and O–H groups in total. The number of carbonyl (C=O) groups is 1. The zero-order valence-electron chi connectivity index (χ0n) is 9.19. The van der Waals surface area contributed by atoms with Crippen LogP contribution in [0.2, 0.25) is 0 Å². The summed E-state index contributed by atoms with van der Waals surface area (Å²) in [6.07, 6.45) is 2.37. The molecule has 18 heavy (non-hydrogen) atoms. The molecule has 2 aromatic rings. The molecule has 0 aliphatic heterocycles. The third-order valence-electron chi connectivity index (χ3n) is 2.39. The average molecular weight is 314 g/mol. The van der Waals surface area contributed by atoms with Crippen LogP contribution in [0.25, 0.3) is 0 Å². The molecular formula is C11H9BrFN3O2. The number of pyridine rings is 1. The van der Waals surface area contributed by atoms with Gasteiger partial charge < -0.3 is 10.3 Å². The maximum atomic E-state index is 13.4. The Morgan fingerprint density at radius 1 is 1.50 bits per heavy atom. The first kappa shape index (κ1) is 12.7. The highest BCUT2D eigenvalue weighted by Gasteiger charge is 2.14. The lowest BCUT2D eigenvalue weighted by molar-refractivity contribution is 0.0994. The Morgan fingerprint density at radius 2 is 2.28 bits per heavy atom. The second kappa shape index (κ2) is 5.26. The molecule has 0 spiro atoms. The van der Waals surface area contributed by atoms with Crippen LogP contribution in [0.4, 0.5) is 4.39 Å². The van der Waals surface area contributed by atoms with Crippen molar-refractivity contribution in [2.45, 2.75) is 12.8 Å². The van der Waals surface area contributed by atoms with Gasteiger partial charge in [0, 0.05) is 6.07 Å². The van der Waals surface area contributed by atoms with Gasteiger partial charge in [-0.15, -0.1) is 0 Å². The van der Waals surface area contributed by atoms with Gasteiger partial charge in [0.2, 0.25) is 0 Å². The molecule has 0 aliphatic carbocycles. The van der Waals surface area contributed by atoms with Gasteiger partial charge in [-0.25, -0.2) is 9.37 Å². The molecule has 0 aromatic carbocycles. The van der Waals surface area contributed by atoms with Crippen molar-refractivity contribution in [2.75, 3.05) is 0 Å². The third kappa shape index (κ3) is 2.73. The Hall–Kier alpha value is -1.76. The number of amides is 1. The first-order valence-corrected chi connectivity index (χ1v) is 5.91. The highest BCUT2D eigenvalue weighted by Crippen LogP contribution is 2.18. The largest absolute Gasteiger partial charge is 0.365 e. The van der Waals surface area contributed by atoms with Crippen molar-refractivity contribution in [3.05, 3.63) is 45.8 Å². The molecule has 7 heteroatoms. The van der Waals surface area contributed by atoms with E-state index in [0.717, 1.165) is 0 Å². The molecule has 5 nitrogen and oxygen atoms in total. The minimum Gasteiger partial charge on any atom is -0.365 e. The summed E-state index contributed by atoms with van der Waals surface area (Å²) in [5.74, 6) is -1.22. The number of rotatable bonds is 4. The molecule has 2 heterocycles. The predicted octanol–water partition coefficient (Wildman–Crippen LogP) is 1.86. The quantitative estimate of drug-likeness (QED) is 0.873. The van der Waals surface area contributed by atoms with Crippen LogP contribution in [0.1, 0.15) is 21.7 Å². The number of carbonyl (C=O) groups excluding carboxylic acids is 1. The minimum atomic E-state index is -0.689. The van der Waals surface area contributed by atoms with Crippen LogP contribution in [0.15, 0.2) is 27.5 Å². The molecule has 0 saturated heterocycles. The Kier molecular flexibility index (Phi) is 3.71. The molecule has 0 radical (unpaired) electrons. The van der Waals surface area contributed by atoms with Crippen molar-refractivity contribution in [3.63, 3.8) is 0 Å². The van der Waals surface area contributed by atoms with Crippen molar-refractivity contribution in [1.29, 1.82) is 0 Å². The molecule has 0 saturated carbocycles. The van der Waals surface area contributed by atoms with Gasteiger partial charge in [-0.1, -0.05) is 5.16 Å². The van der Waals surface area contributed by atoms with Gasteiger partial charge in [-0.05, 0) is 40.4 Å². The summed E-state index contributed by atoms with van der Waals surface area (Å²) >= 11 is 2.92. The summed E-state index contributed by atoms with van der Waals surface area (Å²) in [6, 6.07) is 2.95. The summed E-state index contributed by atoms with van der Waals surface area (Å²) in [4.78, 5) is 15.0. The van der Waals surface area contributed by atoms with Gasteiger partial charge in [0.25, 0.3) is 5.91 Å². The van der Waals surface area contributed by atoms with E-state index in [4.69, 9.17) is 5.73 Å². The number of hydrogen-bond acceptors (Lipinski definition) is 4. The smallest absolute Gasteiger partial charge is 0.267 e. The number of aryl methyl sites for hydroxylation is 2. The number of hydrogen-bond donors (Lipinski definition) is 1. The van der Waals surface area contributed by atoms with E-state index in [1.807, 2.05) is 0 Å². The van der Waals surface area contributed by atoms with Crippen LogP contribution < -0.4 is 5.73 Å². The number of nitrogens with two attached hydrogens (primary N) is 1. The molecule has 1 amide bonds. The Morgan fingerprint density at radius 3 is 2.89 bits per heavy atom. The number of halogens is 2. The predicted molar refractivity (Wildman–Crippen MR) is 64.3 cm³/mol. The molecule has 2 rings (SSSR count). The molecule has 0 unspecified atom stereocenters. The van der Waals surface area contributed by atoms with Gasteiger partial charge in [0.1, 0.15) is 16.6 Å². The van der Waals surface area contributed by atoms with E-state index in [1.54, 1.807) is 6.07 Å². The van der Waals surface area contributed by atoms with E-state index >= 15 is 0 Å². The topological polar surface area (TPSA) is 82.0 Å². The van der Waals surface area contributed by atoms with Crippen molar-refractivity contribution in [1.82, 2.24) is 10.1 Å². The maximum absolute atomic E-state index is 13.4. The fourth-order valence-electron chi connectivity index (χ4n) is 1.54. The zero-order chi connectivity index (χ0) is 13.1. The fraction of sp³-hybridized carbons (Fsp3) is 0.182. The standard InChI is InChI=1S/C11H9BrFN3O2/c12-10-8(13)5-6(9(15-10)11(14)17)1-2-7-3-4-18-16-7/h3-5H,1-2H2,(H2,14,17). The van der Waals surface area contributed by atoms with Gasteiger partial charge in [-0.3, -0.25) is 4.79 Å². The van der Waals surface area contributed by atoms with E-state index in [2.05, 4.69) is 30.6 Å². The van der Waals surface area contributed by atoms with Crippen LogP contribution in [0.5, 0.6) is 0 Å². The summed E-state index contributed by atoms with van der Waals surface area (Å²) < 4.78 is 18.1. The molecule has 94 valence electrons. The average Bonchev–Trinajstić information content (AvgIpc) is 2.83. The SMILES string of the molecule is NC(=O)c1nc(Br)c(F)cc1CCc1ccon1. The van der Waals surface area contributed by atoms with E-state index in [-0.39, 0.29) is 10.3 Å². The normalized spacial score (nSPS) is 10.6. The Balaban J connectivity index is 2.25. The van der Waals surface area contributed by atoms with Crippen LogP contribution >= 0.6 is 15.9 Å². The molecule has 2 aromatic heterocycles. The maximum Gasteiger partial charge on any atom is 0.267 e. The number of primary amides is 1. The molecule has 0 aliphatic rings. The molecular weight excluding hydrogens is 305 g/mol. The molecule has 0 bridgehead atoms. The summed E-state index contributed by atoms with van der Waals surface area (Å²) in [5, 5.41) is 3.73. The summed E-state index contributed by atoms with van der Waals surface area (Å²) in [7, 11) is 0. The highest BCUT2D eigenvalue weighted by molar-refractivity contribution is 9.10. The lowest BCUT2D eigenvalue weighted by atomic mass is 10.1.